The number of halogens is 2. The fourth-order valence-corrected chi connectivity index (χ4v) is 1.80. The van der Waals surface area contributed by atoms with E-state index in [1.54, 1.807) is 6.07 Å². The van der Waals surface area contributed by atoms with Crippen LogP contribution in [0, 0.1) is 5.95 Å². The number of rotatable bonds is 3. The van der Waals surface area contributed by atoms with Gasteiger partial charge in [-0.05, 0) is 17.7 Å². The van der Waals surface area contributed by atoms with Crippen LogP contribution in [0.5, 0.6) is 0 Å². The number of nitrogens with zero attached hydrogens (tertiary/aromatic N) is 2. The Morgan fingerprint density at radius 1 is 1.29 bits per heavy atom. The highest BCUT2D eigenvalue weighted by molar-refractivity contribution is 6.31. The molecular weight excluding hydrogens is 239 g/mol. The first kappa shape index (κ1) is 11.9. The van der Waals surface area contributed by atoms with Crippen LogP contribution in [0.15, 0.2) is 42.6 Å². The molecule has 0 unspecified atom stereocenters. The zero-order valence-electron chi connectivity index (χ0n) is 9.40. The average Bonchev–Trinajstić information content (AvgIpc) is 2.32. The molecule has 17 heavy (non-hydrogen) atoms. The standard InChI is InChI=1S/C13H12ClFN2/c1-17(11-6-7-16-13(15)8-11)9-10-4-2-3-5-12(10)14/h2-8H,9H2,1H3. The Hall–Kier alpha value is -1.61. The number of anilines is 1. The Morgan fingerprint density at radius 2 is 2.06 bits per heavy atom. The molecule has 2 aromatic rings. The highest BCUT2D eigenvalue weighted by atomic mass is 35.5. The molecule has 0 aliphatic heterocycles. The normalized spacial score (nSPS) is 10.3. The van der Waals surface area contributed by atoms with Crippen molar-refractivity contribution < 1.29 is 4.39 Å². The van der Waals surface area contributed by atoms with Crippen molar-refractivity contribution in [3.63, 3.8) is 0 Å². The van der Waals surface area contributed by atoms with Gasteiger partial charge in [-0.3, -0.25) is 0 Å². The van der Waals surface area contributed by atoms with Gasteiger partial charge >= 0.3 is 0 Å². The number of aromatic nitrogens is 1. The van der Waals surface area contributed by atoms with E-state index < -0.39 is 5.95 Å². The molecule has 0 radical (unpaired) electrons. The van der Waals surface area contributed by atoms with Crippen molar-refractivity contribution >= 4 is 17.3 Å². The zero-order valence-corrected chi connectivity index (χ0v) is 10.2. The van der Waals surface area contributed by atoms with Gasteiger partial charge < -0.3 is 4.90 Å². The minimum Gasteiger partial charge on any atom is -0.370 e. The van der Waals surface area contributed by atoms with Crippen LogP contribution in [-0.2, 0) is 6.54 Å². The van der Waals surface area contributed by atoms with Crippen molar-refractivity contribution in [3.05, 3.63) is 59.1 Å². The van der Waals surface area contributed by atoms with Crippen molar-refractivity contribution in [2.45, 2.75) is 6.54 Å². The van der Waals surface area contributed by atoms with Gasteiger partial charge in [-0.15, -0.1) is 0 Å². The van der Waals surface area contributed by atoms with Gasteiger partial charge in [-0.2, -0.15) is 4.39 Å². The van der Waals surface area contributed by atoms with Gasteiger partial charge in [0.1, 0.15) is 0 Å². The monoisotopic (exact) mass is 250 g/mol. The van der Waals surface area contributed by atoms with E-state index >= 15 is 0 Å². The third-order valence-corrected chi connectivity index (χ3v) is 2.89. The lowest BCUT2D eigenvalue weighted by molar-refractivity contribution is 0.583. The molecule has 0 atom stereocenters. The smallest absolute Gasteiger partial charge is 0.214 e. The van der Waals surface area contributed by atoms with Gasteiger partial charge in [-0.25, -0.2) is 4.98 Å². The Morgan fingerprint density at radius 3 is 2.76 bits per heavy atom. The predicted octanol–water partition coefficient (Wildman–Crippen LogP) is 3.51. The second-order valence-corrected chi connectivity index (χ2v) is 4.19. The quantitative estimate of drug-likeness (QED) is 0.775. The second kappa shape index (κ2) is 5.15. The van der Waals surface area contributed by atoms with Gasteiger partial charge in [0.15, 0.2) is 0 Å². The lowest BCUT2D eigenvalue weighted by Gasteiger charge is -2.19. The van der Waals surface area contributed by atoms with Crippen molar-refractivity contribution in [3.8, 4) is 0 Å². The third-order valence-electron chi connectivity index (χ3n) is 2.52. The highest BCUT2D eigenvalue weighted by Crippen LogP contribution is 2.20. The van der Waals surface area contributed by atoms with Crippen LogP contribution in [0.2, 0.25) is 5.02 Å². The molecule has 4 heteroatoms. The first-order valence-electron chi connectivity index (χ1n) is 5.23. The summed E-state index contributed by atoms with van der Waals surface area (Å²) in [6, 6.07) is 10.8. The highest BCUT2D eigenvalue weighted by Gasteiger charge is 2.05. The summed E-state index contributed by atoms with van der Waals surface area (Å²) in [5.74, 6) is -0.478. The van der Waals surface area contributed by atoms with Crippen LogP contribution in [0.3, 0.4) is 0 Å². The fourth-order valence-electron chi connectivity index (χ4n) is 1.60. The molecule has 2 nitrogen and oxygen atoms in total. The molecule has 0 fully saturated rings. The lowest BCUT2D eigenvalue weighted by atomic mass is 10.2. The van der Waals surface area contributed by atoms with E-state index in [0.29, 0.717) is 11.6 Å². The Balaban J connectivity index is 2.17. The number of hydrogen-bond donors (Lipinski definition) is 0. The molecule has 0 aliphatic rings. The predicted molar refractivity (Wildman–Crippen MR) is 67.8 cm³/mol. The van der Waals surface area contributed by atoms with Crippen LogP contribution in [-0.4, -0.2) is 12.0 Å². The minimum atomic E-state index is -0.478. The molecule has 1 aromatic heterocycles. The van der Waals surface area contributed by atoms with E-state index in [4.69, 9.17) is 11.6 Å². The molecule has 0 aliphatic carbocycles. The topological polar surface area (TPSA) is 16.1 Å². The number of benzene rings is 1. The van der Waals surface area contributed by atoms with E-state index in [2.05, 4.69) is 4.98 Å². The molecule has 0 bridgehead atoms. The minimum absolute atomic E-state index is 0.478. The summed E-state index contributed by atoms with van der Waals surface area (Å²) >= 11 is 6.07. The molecule has 2 rings (SSSR count). The first-order chi connectivity index (χ1) is 8.16. The summed E-state index contributed by atoms with van der Waals surface area (Å²) in [4.78, 5) is 5.45. The maximum atomic E-state index is 13.0. The molecule has 0 saturated heterocycles. The van der Waals surface area contributed by atoms with Gasteiger partial charge in [0.05, 0.1) is 0 Å². The van der Waals surface area contributed by atoms with Crippen LogP contribution in [0.1, 0.15) is 5.56 Å². The van der Waals surface area contributed by atoms with E-state index in [1.165, 1.54) is 12.3 Å². The number of pyridine rings is 1. The summed E-state index contributed by atoms with van der Waals surface area (Å²) in [5, 5.41) is 0.717. The van der Waals surface area contributed by atoms with Gasteiger partial charge in [0.2, 0.25) is 5.95 Å². The summed E-state index contributed by atoms with van der Waals surface area (Å²) in [7, 11) is 1.89. The molecule has 1 aromatic carbocycles. The summed E-state index contributed by atoms with van der Waals surface area (Å²) < 4.78 is 13.0. The maximum absolute atomic E-state index is 13.0. The van der Waals surface area contributed by atoms with Crippen LogP contribution >= 0.6 is 11.6 Å². The zero-order chi connectivity index (χ0) is 12.3. The second-order valence-electron chi connectivity index (χ2n) is 3.78. The summed E-state index contributed by atoms with van der Waals surface area (Å²) in [5.41, 5.74) is 1.78. The molecule has 0 spiro atoms. The van der Waals surface area contributed by atoms with E-state index in [9.17, 15) is 4.39 Å². The first-order valence-corrected chi connectivity index (χ1v) is 5.61. The summed E-state index contributed by atoms with van der Waals surface area (Å²) in [6.07, 6.45) is 1.45. The molecule has 0 amide bonds. The molecule has 0 N–H and O–H groups in total. The Labute approximate surface area is 105 Å². The molecular formula is C13H12ClFN2. The van der Waals surface area contributed by atoms with Gasteiger partial charge in [0.25, 0.3) is 0 Å². The fraction of sp³-hybridized carbons (Fsp3) is 0.154. The van der Waals surface area contributed by atoms with Crippen LogP contribution in [0.25, 0.3) is 0 Å². The van der Waals surface area contributed by atoms with Gasteiger partial charge in [-0.1, -0.05) is 29.8 Å². The maximum Gasteiger partial charge on any atom is 0.214 e. The van der Waals surface area contributed by atoms with Crippen molar-refractivity contribution in [2.75, 3.05) is 11.9 Å². The SMILES string of the molecule is CN(Cc1ccccc1Cl)c1ccnc(F)c1. The average molecular weight is 251 g/mol. The van der Waals surface area contributed by atoms with Crippen LogP contribution < -0.4 is 4.90 Å². The third kappa shape index (κ3) is 2.94. The van der Waals surface area contributed by atoms with Crippen molar-refractivity contribution in [1.29, 1.82) is 0 Å². The molecule has 1 heterocycles. The van der Waals surface area contributed by atoms with Crippen molar-refractivity contribution in [1.82, 2.24) is 4.98 Å². The van der Waals surface area contributed by atoms with Crippen molar-refractivity contribution in [2.24, 2.45) is 0 Å². The van der Waals surface area contributed by atoms with E-state index in [-0.39, 0.29) is 0 Å². The Bertz CT molecular complexity index is 516. The van der Waals surface area contributed by atoms with E-state index in [1.807, 2.05) is 36.2 Å². The van der Waals surface area contributed by atoms with Crippen LogP contribution in [0.4, 0.5) is 10.1 Å². The molecule has 0 saturated carbocycles. The summed E-state index contributed by atoms with van der Waals surface area (Å²) in [6.45, 7) is 0.628. The van der Waals surface area contributed by atoms with E-state index in [0.717, 1.165) is 11.3 Å². The lowest BCUT2D eigenvalue weighted by Crippen LogP contribution is -2.16. The number of hydrogen-bond acceptors (Lipinski definition) is 2. The molecule has 88 valence electrons. The largest absolute Gasteiger partial charge is 0.370 e. The van der Waals surface area contributed by atoms with Gasteiger partial charge in [0, 0.05) is 36.6 Å². The Kier molecular flexibility index (Phi) is 3.59.